The lowest BCUT2D eigenvalue weighted by Crippen LogP contribution is -1.82. The minimum atomic E-state index is 0.375. The van der Waals surface area contributed by atoms with E-state index < -0.39 is 0 Å². The van der Waals surface area contributed by atoms with Crippen molar-refractivity contribution in [3.63, 3.8) is 0 Å². The Balaban J connectivity index is 2.69. The standard InChI is InChI=1S/C7H4ClNO2.Al/c8-7-5-2-1-4(10)3-6(5)11-9-7;/h1-3,10H;/q;+1/p-1. The number of nitrogens with zero attached hydrogens (tertiary/aromatic N) is 1. The molecular weight excluding hydrogens is 193 g/mol. The molecule has 0 aliphatic heterocycles. The number of benzene rings is 1. The summed E-state index contributed by atoms with van der Waals surface area (Å²) in [5.41, 5.74) is 0.625. The van der Waals surface area contributed by atoms with Crippen LogP contribution in [0.5, 0.6) is 5.75 Å². The molecule has 0 spiro atoms. The van der Waals surface area contributed by atoms with E-state index >= 15 is 0 Å². The maximum absolute atomic E-state index is 5.72. The topological polar surface area (TPSA) is 35.3 Å². The Hall–Kier alpha value is -0.688. The average Bonchev–Trinajstić information content (AvgIpc) is 2.47. The third kappa shape index (κ3) is 1.18. The van der Waals surface area contributed by atoms with Crippen LogP contribution < -0.4 is 3.79 Å². The van der Waals surface area contributed by atoms with Crippen molar-refractivity contribution in [1.29, 1.82) is 0 Å². The van der Waals surface area contributed by atoms with Crippen LogP contribution in [0.3, 0.4) is 0 Å². The van der Waals surface area contributed by atoms with E-state index in [9.17, 15) is 0 Å². The van der Waals surface area contributed by atoms with Crippen LogP contribution in [0.1, 0.15) is 0 Å². The second-order valence-corrected chi connectivity index (χ2v) is 2.84. The van der Waals surface area contributed by atoms with Crippen molar-refractivity contribution in [2.45, 2.75) is 0 Å². The third-order valence-corrected chi connectivity index (χ3v) is 2.08. The van der Waals surface area contributed by atoms with E-state index in [0.29, 0.717) is 16.5 Å². The van der Waals surface area contributed by atoms with Crippen LogP contribution in [-0.4, -0.2) is 21.8 Å². The summed E-state index contributed by atoms with van der Waals surface area (Å²) in [5, 5.41) is 4.77. The molecule has 0 saturated carbocycles. The fourth-order valence-electron chi connectivity index (χ4n) is 0.960. The zero-order valence-corrected chi connectivity index (χ0v) is 7.86. The fraction of sp³-hybridized carbons (Fsp3) is 0. The number of fused-ring (bicyclic) bond motifs is 1. The summed E-state index contributed by atoms with van der Waals surface area (Å²) in [6, 6.07) is 5.31. The van der Waals surface area contributed by atoms with E-state index in [4.69, 9.17) is 19.9 Å². The van der Waals surface area contributed by atoms with Crippen molar-refractivity contribution in [3.8, 4) is 5.75 Å². The smallest absolute Gasteiger partial charge is 0.482 e. The van der Waals surface area contributed by atoms with Gasteiger partial charge in [-0.3, -0.25) is 0 Å². The number of hydrogen-bond donors (Lipinski definition) is 0. The van der Waals surface area contributed by atoms with Gasteiger partial charge in [0.15, 0.2) is 10.7 Å². The predicted octanol–water partition coefficient (Wildman–Crippen LogP) is 1.94. The van der Waals surface area contributed by atoms with Crippen LogP contribution in [0, 0.1) is 0 Å². The van der Waals surface area contributed by atoms with E-state index in [1.165, 1.54) is 0 Å². The molecule has 0 bridgehead atoms. The molecule has 0 aliphatic rings. The Morgan fingerprint density at radius 3 is 3.08 bits per heavy atom. The van der Waals surface area contributed by atoms with Crippen LogP contribution >= 0.6 is 11.6 Å². The number of rotatable bonds is 1. The number of halogens is 1. The lowest BCUT2D eigenvalue weighted by molar-refractivity contribution is 0.456. The van der Waals surface area contributed by atoms with Crippen LogP contribution in [0.2, 0.25) is 5.15 Å². The molecule has 12 heavy (non-hydrogen) atoms. The second-order valence-electron chi connectivity index (χ2n) is 2.25. The Labute approximate surface area is 82.0 Å². The van der Waals surface area contributed by atoms with E-state index in [2.05, 4.69) is 21.8 Å². The van der Waals surface area contributed by atoms with Crippen molar-refractivity contribution >= 4 is 39.2 Å². The normalized spacial score (nSPS) is 10.4. The molecule has 0 unspecified atom stereocenters. The van der Waals surface area contributed by atoms with Gasteiger partial charge in [-0.1, -0.05) is 16.8 Å². The summed E-state index contributed by atoms with van der Waals surface area (Å²) in [5.74, 6) is 0.695. The highest BCUT2D eigenvalue weighted by Gasteiger charge is 2.05. The summed E-state index contributed by atoms with van der Waals surface area (Å²) >= 11 is 7.87. The summed E-state index contributed by atoms with van der Waals surface area (Å²) in [4.78, 5) is 0. The van der Waals surface area contributed by atoms with Crippen molar-refractivity contribution in [1.82, 2.24) is 5.16 Å². The van der Waals surface area contributed by atoms with Gasteiger partial charge in [-0.05, 0) is 12.1 Å². The fourth-order valence-corrected chi connectivity index (χ4v) is 1.30. The number of hydrogen-bond acceptors (Lipinski definition) is 3. The molecule has 58 valence electrons. The SMILES string of the molecule is [Al][O]c1ccc2c(Cl)noc2c1. The molecule has 5 heteroatoms. The average molecular weight is 196 g/mol. The summed E-state index contributed by atoms with van der Waals surface area (Å²) < 4.78 is 9.84. The first-order valence-electron chi connectivity index (χ1n) is 3.23. The van der Waals surface area contributed by atoms with Gasteiger partial charge >= 0.3 is 16.6 Å². The molecule has 0 atom stereocenters. The lowest BCUT2D eigenvalue weighted by Gasteiger charge is -1.99. The molecule has 0 aliphatic carbocycles. The van der Waals surface area contributed by atoms with Crippen molar-refractivity contribution < 1.29 is 8.31 Å². The van der Waals surface area contributed by atoms with Crippen LogP contribution in [0.15, 0.2) is 22.7 Å². The van der Waals surface area contributed by atoms with E-state index in [0.717, 1.165) is 5.39 Å². The molecule has 0 fully saturated rings. The molecule has 2 aromatic rings. The van der Waals surface area contributed by atoms with Gasteiger partial charge < -0.3 is 8.31 Å². The minimum Gasteiger partial charge on any atom is -0.654 e. The van der Waals surface area contributed by atoms with Crippen molar-refractivity contribution in [3.05, 3.63) is 23.4 Å². The first-order chi connectivity index (χ1) is 5.81. The first kappa shape index (κ1) is 7.94. The predicted molar refractivity (Wildman–Crippen MR) is 45.4 cm³/mol. The lowest BCUT2D eigenvalue weighted by atomic mass is 10.2. The van der Waals surface area contributed by atoms with Gasteiger partial charge in [-0.15, -0.1) is 0 Å². The molecule has 0 saturated heterocycles. The molecule has 3 nitrogen and oxygen atoms in total. The van der Waals surface area contributed by atoms with Gasteiger partial charge in [0.2, 0.25) is 0 Å². The van der Waals surface area contributed by atoms with E-state index in [1.54, 1.807) is 18.2 Å². The first-order valence-corrected chi connectivity index (χ1v) is 4.08. The van der Waals surface area contributed by atoms with Gasteiger partial charge in [0, 0.05) is 6.07 Å². The van der Waals surface area contributed by atoms with Gasteiger partial charge in [-0.2, -0.15) is 0 Å². The highest BCUT2D eigenvalue weighted by molar-refractivity contribution is 6.34. The Kier molecular flexibility index (Phi) is 1.97. The molecule has 2 radical (unpaired) electrons. The highest BCUT2D eigenvalue weighted by atomic mass is 35.5. The molecule has 0 amide bonds. The zero-order valence-electron chi connectivity index (χ0n) is 5.95. The maximum Gasteiger partial charge on any atom is 0.482 e. The third-order valence-electron chi connectivity index (χ3n) is 1.54. The quantitative estimate of drug-likeness (QED) is 0.653. The number of aromatic nitrogens is 1. The molecule has 1 aromatic heterocycles. The summed E-state index contributed by atoms with van der Waals surface area (Å²) in [6.07, 6.45) is 0. The monoisotopic (exact) mass is 195 g/mol. The van der Waals surface area contributed by atoms with Crippen LogP contribution in [0.4, 0.5) is 0 Å². The van der Waals surface area contributed by atoms with Crippen LogP contribution in [-0.2, 0) is 0 Å². The summed E-state index contributed by atoms with van der Waals surface area (Å²) in [6.45, 7) is 0. The maximum atomic E-state index is 5.72. The molecule has 2 rings (SSSR count). The summed E-state index contributed by atoms with van der Waals surface area (Å²) in [7, 11) is 0. The molecule has 0 N–H and O–H groups in total. The Bertz CT molecular complexity index is 415. The molecule has 1 heterocycles. The van der Waals surface area contributed by atoms with E-state index in [1.807, 2.05) is 0 Å². The second kappa shape index (κ2) is 2.98. The van der Waals surface area contributed by atoms with Crippen molar-refractivity contribution in [2.75, 3.05) is 0 Å². The Morgan fingerprint density at radius 2 is 2.33 bits per heavy atom. The minimum absolute atomic E-state index is 0.375. The van der Waals surface area contributed by atoms with E-state index in [-0.39, 0.29) is 0 Å². The molecule has 1 aromatic carbocycles. The van der Waals surface area contributed by atoms with Crippen molar-refractivity contribution in [2.24, 2.45) is 0 Å². The molecular formula is C7H3AlClNO2. The van der Waals surface area contributed by atoms with Gasteiger partial charge in [0.1, 0.15) is 0 Å². The van der Waals surface area contributed by atoms with Gasteiger partial charge in [-0.25, -0.2) is 0 Å². The highest BCUT2D eigenvalue weighted by Crippen LogP contribution is 2.25. The zero-order chi connectivity index (χ0) is 8.55. The largest absolute Gasteiger partial charge is 0.654 e. The van der Waals surface area contributed by atoms with Gasteiger partial charge in [0.25, 0.3) is 0 Å². The van der Waals surface area contributed by atoms with Crippen LogP contribution in [0.25, 0.3) is 11.0 Å². The van der Waals surface area contributed by atoms with Gasteiger partial charge in [0.05, 0.1) is 11.1 Å². The Morgan fingerprint density at radius 1 is 1.50 bits per heavy atom.